The molecule has 0 bridgehead atoms. The standard InChI is InChI=1S/C10H15P.C2H6/c1-3-8(2)9-4-6-10(11)7-5-9;1-2/h4-8H,3,11H2,1-2H3;1-2H3. The minimum Gasteiger partial charge on any atom is -0.106 e. The van der Waals surface area contributed by atoms with Gasteiger partial charge in [0.05, 0.1) is 0 Å². The van der Waals surface area contributed by atoms with Gasteiger partial charge in [0.1, 0.15) is 0 Å². The zero-order chi connectivity index (χ0) is 10.3. The predicted molar refractivity (Wildman–Crippen MR) is 65.8 cm³/mol. The quantitative estimate of drug-likeness (QED) is 0.632. The third-order valence-corrected chi connectivity index (χ3v) is 2.50. The van der Waals surface area contributed by atoms with Crippen LogP contribution in [0, 0.1) is 0 Å². The smallest absolute Gasteiger partial charge is 0.0193 e. The molecule has 0 saturated heterocycles. The van der Waals surface area contributed by atoms with Crippen molar-refractivity contribution < 1.29 is 0 Å². The van der Waals surface area contributed by atoms with Crippen LogP contribution in [0.15, 0.2) is 24.3 Å². The first-order valence-electron chi connectivity index (χ1n) is 5.09. The van der Waals surface area contributed by atoms with E-state index in [1.165, 1.54) is 17.3 Å². The zero-order valence-electron chi connectivity index (χ0n) is 9.17. The molecule has 74 valence electrons. The van der Waals surface area contributed by atoms with Crippen molar-refractivity contribution in [3.05, 3.63) is 29.8 Å². The first kappa shape index (κ1) is 12.7. The van der Waals surface area contributed by atoms with Gasteiger partial charge in [-0.25, -0.2) is 0 Å². The second kappa shape index (κ2) is 7.09. The van der Waals surface area contributed by atoms with Gasteiger partial charge in [-0.05, 0) is 23.2 Å². The molecule has 0 nitrogen and oxygen atoms in total. The summed E-state index contributed by atoms with van der Waals surface area (Å²) >= 11 is 0. The summed E-state index contributed by atoms with van der Waals surface area (Å²) in [6.45, 7) is 8.48. The van der Waals surface area contributed by atoms with Crippen molar-refractivity contribution in [1.29, 1.82) is 0 Å². The van der Waals surface area contributed by atoms with E-state index < -0.39 is 0 Å². The van der Waals surface area contributed by atoms with Gasteiger partial charge < -0.3 is 0 Å². The molecule has 1 rings (SSSR count). The first-order chi connectivity index (χ1) is 6.24. The van der Waals surface area contributed by atoms with Gasteiger partial charge in [-0.1, -0.05) is 52.0 Å². The molecule has 0 saturated carbocycles. The van der Waals surface area contributed by atoms with Crippen molar-refractivity contribution in [1.82, 2.24) is 0 Å². The fraction of sp³-hybridized carbons (Fsp3) is 0.500. The molecule has 0 aliphatic rings. The number of hydrogen-bond donors (Lipinski definition) is 0. The van der Waals surface area contributed by atoms with E-state index in [1.807, 2.05) is 13.8 Å². The molecular formula is C12H21P. The summed E-state index contributed by atoms with van der Waals surface area (Å²) in [5.74, 6) is 0.695. The van der Waals surface area contributed by atoms with Crippen LogP contribution >= 0.6 is 9.24 Å². The Kier molecular flexibility index (Phi) is 6.90. The zero-order valence-corrected chi connectivity index (χ0v) is 10.3. The molecule has 1 aromatic rings. The SMILES string of the molecule is CC.CCC(C)c1ccc(P)cc1. The molecular weight excluding hydrogens is 175 g/mol. The molecule has 0 N–H and O–H groups in total. The van der Waals surface area contributed by atoms with E-state index in [9.17, 15) is 0 Å². The maximum absolute atomic E-state index is 2.70. The Morgan fingerprint density at radius 2 is 1.62 bits per heavy atom. The van der Waals surface area contributed by atoms with Crippen LogP contribution in [0.4, 0.5) is 0 Å². The van der Waals surface area contributed by atoms with Gasteiger partial charge in [0.25, 0.3) is 0 Å². The van der Waals surface area contributed by atoms with Crippen molar-refractivity contribution in [2.75, 3.05) is 0 Å². The fourth-order valence-electron chi connectivity index (χ4n) is 1.06. The van der Waals surface area contributed by atoms with Crippen LogP contribution in [0.5, 0.6) is 0 Å². The fourth-order valence-corrected chi connectivity index (χ4v) is 1.25. The van der Waals surface area contributed by atoms with E-state index in [2.05, 4.69) is 47.4 Å². The van der Waals surface area contributed by atoms with E-state index in [1.54, 1.807) is 0 Å². The summed E-state index contributed by atoms with van der Waals surface area (Å²) in [7, 11) is 2.70. The van der Waals surface area contributed by atoms with E-state index in [0.29, 0.717) is 5.92 Å². The van der Waals surface area contributed by atoms with E-state index in [-0.39, 0.29) is 0 Å². The van der Waals surface area contributed by atoms with Crippen molar-refractivity contribution in [2.24, 2.45) is 0 Å². The highest BCUT2D eigenvalue weighted by molar-refractivity contribution is 7.27. The second-order valence-electron chi connectivity index (χ2n) is 2.98. The maximum atomic E-state index is 2.70. The Balaban J connectivity index is 0.000000671. The molecule has 0 heterocycles. The van der Waals surface area contributed by atoms with Crippen LogP contribution in [0.2, 0.25) is 0 Å². The Morgan fingerprint density at radius 1 is 1.15 bits per heavy atom. The number of rotatable bonds is 2. The largest absolute Gasteiger partial charge is 0.106 e. The van der Waals surface area contributed by atoms with E-state index in [0.717, 1.165) is 0 Å². The van der Waals surface area contributed by atoms with Crippen LogP contribution in [-0.4, -0.2) is 0 Å². The Hall–Kier alpha value is -0.350. The Bertz CT molecular complexity index is 213. The predicted octanol–water partition coefficient (Wildman–Crippen LogP) is 3.73. The lowest BCUT2D eigenvalue weighted by molar-refractivity contribution is 0.734. The first-order valence-corrected chi connectivity index (χ1v) is 5.67. The molecule has 0 aliphatic heterocycles. The molecule has 2 atom stereocenters. The molecule has 2 unspecified atom stereocenters. The van der Waals surface area contributed by atoms with Crippen LogP contribution in [0.25, 0.3) is 0 Å². The summed E-state index contributed by atoms with van der Waals surface area (Å²) in [5, 5.41) is 1.26. The summed E-state index contributed by atoms with van der Waals surface area (Å²) in [6.07, 6.45) is 1.22. The molecule has 13 heavy (non-hydrogen) atoms. The van der Waals surface area contributed by atoms with E-state index in [4.69, 9.17) is 0 Å². The Labute approximate surface area is 85.0 Å². The van der Waals surface area contributed by atoms with Gasteiger partial charge >= 0.3 is 0 Å². The average Bonchev–Trinajstić information content (AvgIpc) is 2.21. The van der Waals surface area contributed by atoms with Crippen molar-refractivity contribution in [2.45, 2.75) is 40.0 Å². The highest BCUT2D eigenvalue weighted by Gasteiger charge is 2.00. The van der Waals surface area contributed by atoms with E-state index >= 15 is 0 Å². The van der Waals surface area contributed by atoms with Crippen LogP contribution in [-0.2, 0) is 0 Å². The van der Waals surface area contributed by atoms with Crippen LogP contribution in [0.3, 0.4) is 0 Å². The summed E-state index contributed by atoms with van der Waals surface area (Å²) < 4.78 is 0. The molecule has 0 radical (unpaired) electrons. The van der Waals surface area contributed by atoms with Gasteiger partial charge in [-0.3, -0.25) is 0 Å². The lowest BCUT2D eigenvalue weighted by atomic mass is 9.99. The topological polar surface area (TPSA) is 0 Å². The lowest BCUT2D eigenvalue weighted by Gasteiger charge is -2.07. The van der Waals surface area contributed by atoms with Gasteiger partial charge in [-0.2, -0.15) is 0 Å². The molecule has 0 aliphatic carbocycles. The molecule has 0 fully saturated rings. The second-order valence-corrected chi connectivity index (χ2v) is 3.64. The molecule has 0 amide bonds. The minimum absolute atomic E-state index is 0.695. The third kappa shape index (κ3) is 4.43. The lowest BCUT2D eigenvalue weighted by Crippen LogP contribution is -1.94. The molecule has 1 heteroatoms. The van der Waals surface area contributed by atoms with Gasteiger partial charge in [0.2, 0.25) is 0 Å². The maximum Gasteiger partial charge on any atom is -0.0193 e. The minimum atomic E-state index is 0.695. The normalized spacial score (nSPS) is 11.5. The number of benzene rings is 1. The molecule has 0 aromatic heterocycles. The van der Waals surface area contributed by atoms with Crippen molar-refractivity contribution >= 4 is 14.5 Å². The highest BCUT2D eigenvalue weighted by atomic mass is 31.0. The van der Waals surface area contributed by atoms with Gasteiger partial charge in [0, 0.05) is 0 Å². The van der Waals surface area contributed by atoms with Crippen LogP contribution < -0.4 is 5.30 Å². The van der Waals surface area contributed by atoms with Crippen LogP contribution in [0.1, 0.15) is 45.6 Å². The summed E-state index contributed by atoms with van der Waals surface area (Å²) in [5.41, 5.74) is 1.44. The van der Waals surface area contributed by atoms with Crippen molar-refractivity contribution in [3.8, 4) is 0 Å². The molecule has 1 aromatic carbocycles. The summed E-state index contributed by atoms with van der Waals surface area (Å²) in [4.78, 5) is 0. The van der Waals surface area contributed by atoms with Gasteiger partial charge in [-0.15, -0.1) is 9.24 Å². The highest BCUT2D eigenvalue weighted by Crippen LogP contribution is 2.16. The molecule has 0 spiro atoms. The van der Waals surface area contributed by atoms with Gasteiger partial charge in [0.15, 0.2) is 0 Å². The number of hydrogen-bond acceptors (Lipinski definition) is 0. The Morgan fingerprint density at radius 3 is 2.00 bits per heavy atom. The third-order valence-electron chi connectivity index (χ3n) is 2.12. The summed E-state index contributed by atoms with van der Waals surface area (Å²) in [6, 6.07) is 8.70. The average molecular weight is 196 g/mol. The monoisotopic (exact) mass is 196 g/mol. The van der Waals surface area contributed by atoms with Crippen molar-refractivity contribution in [3.63, 3.8) is 0 Å².